The molecule has 0 amide bonds. The van der Waals surface area contributed by atoms with Gasteiger partial charge >= 0.3 is 5.97 Å². The van der Waals surface area contributed by atoms with E-state index in [1.807, 2.05) is 13.0 Å². The first-order valence-electron chi connectivity index (χ1n) is 5.20. The molecular weight excluding hydrogens is 206 g/mol. The van der Waals surface area contributed by atoms with Gasteiger partial charge in [-0.05, 0) is 33.6 Å². The van der Waals surface area contributed by atoms with Gasteiger partial charge < -0.3 is 16.6 Å². The second-order valence-electron chi connectivity index (χ2n) is 4.26. The van der Waals surface area contributed by atoms with Gasteiger partial charge in [-0.1, -0.05) is 11.6 Å². The molecule has 0 aliphatic carbocycles. The van der Waals surface area contributed by atoms with Crippen molar-refractivity contribution in [3.8, 4) is 0 Å². The second kappa shape index (κ2) is 6.27. The number of allylic oxidation sites excluding steroid dienone is 1. The van der Waals surface area contributed by atoms with Crippen molar-refractivity contribution in [2.45, 2.75) is 39.2 Å². The molecule has 0 unspecified atom stereocenters. The van der Waals surface area contributed by atoms with Gasteiger partial charge in [0.25, 0.3) is 0 Å². The number of hydrogen-bond acceptors (Lipinski definition) is 3. The SMILES string of the molecule is CC(N)=NC/C=C(/C)CC[C@](C)(N)C(=O)O. The summed E-state index contributed by atoms with van der Waals surface area (Å²) in [6.07, 6.45) is 2.99. The lowest BCUT2D eigenvalue weighted by atomic mass is 9.95. The molecule has 0 aliphatic rings. The fraction of sp³-hybridized carbons (Fsp3) is 0.636. The maximum Gasteiger partial charge on any atom is 0.323 e. The van der Waals surface area contributed by atoms with E-state index in [9.17, 15) is 4.79 Å². The Morgan fingerprint density at radius 3 is 2.50 bits per heavy atom. The Balaban J connectivity index is 4.12. The number of amidine groups is 1. The molecule has 0 rings (SSSR count). The average Bonchev–Trinajstić information content (AvgIpc) is 2.14. The van der Waals surface area contributed by atoms with Crippen molar-refractivity contribution in [3.63, 3.8) is 0 Å². The summed E-state index contributed by atoms with van der Waals surface area (Å²) in [5, 5.41) is 8.82. The number of hydrogen-bond donors (Lipinski definition) is 3. The van der Waals surface area contributed by atoms with Crippen LogP contribution in [0.25, 0.3) is 0 Å². The molecular formula is C11H21N3O2. The number of nitrogens with two attached hydrogens (primary N) is 2. The molecule has 1 atom stereocenters. The van der Waals surface area contributed by atoms with E-state index in [0.29, 0.717) is 25.2 Å². The summed E-state index contributed by atoms with van der Waals surface area (Å²) in [7, 11) is 0. The molecule has 5 nitrogen and oxygen atoms in total. The standard InChI is InChI=1S/C11H21N3O2/c1-8(5-7-14-9(2)12)4-6-11(3,13)10(15)16/h5H,4,6-7,13H2,1-3H3,(H2,12,14)(H,15,16)/b8-5-/t11-/m0/s1. The maximum absolute atomic E-state index is 10.8. The van der Waals surface area contributed by atoms with Crippen LogP contribution in [0.2, 0.25) is 0 Å². The molecule has 16 heavy (non-hydrogen) atoms. The zero-order valence-corrected chi connectivity index (χ0v) is 10.2. The monoisotopic (exact) mass is 227 g/mol. The molecule has 92 valence electrons. The van der Waals surface area contributed by atoms with E-state index in [-0.39, 0.29) is 0 Å². The van der Waals surface area contributed by atoms with Crippen LogP contribution in [0.4, 0.5) is 0 Å². The van der Waals surface area contributed by atoms with Gasteiger partial charge in [0.1, 0.15) is 5.54 Å². The van der Waals surface area contributed by atoms with E-state index in [0.717, 1.165) is 5.57 Å². The Morgan fingerprint density at radius 1 is 1.50 bits per heavy atom. The van der Waals surface area contributed by atoms with Crippen molar-refractivity contribution in [2.24, 2.45) is 16.5 Å². The number of nitrogens with zero attached hydrogens (tertiary/aromatic N) is 1. The van der Waals surface area contributed by atoms with Crippen LogP contribution in [0, 0.1) is 0 Å². The number of aliphatic imine (C=N–C) groups is 1. The Bertz CT molecular complexity index is 302. The summed E-state index contributed by atoms with van der Waals surface area (Å²) in [6, 6.07) is 0. The van der Waals surface area contributed by atoms with Crippen LogP contribution in [0.1, 0.15) is 33.6 Å². The number of carbonyl (C=O) groups is 1. The Kier molecular flexibility index (Phi) is 5.74. The molecule has 0 saturated carbocycles. The van der Waals surface area contributed by atoms with Crippen LogP contribution in [0.3, 0.4) is 0 Å². The van der Waals surface area contributed by atoms with Gasteiger partial charge in [0, 0.05) is 0 Å². The highest BCUT2D eigenvalue weighted by molar-refractivity contribution is 5.78. The minimum absolute atomic E-state index is 0.413. The summed E-state index contributed by atoms with van der Waals surface area (Å²) in [6.45, 7) is 5.71. The predicted molar refractivity (Wildman–Crippen MR) is 65.4 cm³/mol. The van der Waals surface area contributed by atoms with E-state index < -0.39 is 11.5 Å². The Morgan fingerprint density at radius 2 is 2.06 bits per heavy atom. The van der Waals surface area contributed by atoms with Crippen LogP contribution in [-0.4, -0.2) is 29.0 Å². The van der Waals surface area contributed by atoms with Crippen LogP contribution < -0.4 is 11.5 Å². The third kappa shape index (κ3) is 6.19. The van der Waals surface area contributed by atoms with Crippen LogP contribution in [-0.2, 0) is 4.79 Å². The number of rotatable bonds is 6. The number of aliphatic carboxylic acids is 1. The molecule has 0 aliphatic heterocycles. The average molecular weight is 227 g/mol. The molecule has 0 spiro atoms. The van der Waals surface area contributed by atoms with E-state index in [1.165, 1.54) is 6.92 Å². The molecule has 5 N–H and O–H groups in total. The van der Waals surface area contributed by atoms with Crippen molar-refractivity contribution in [1.82, 2.24) is 0 Å². The van der Waals surface area contributed by atoms with E-state index in [4.69, 9.17) is 16.6 Å². The lowest BCUT2D eigenvalue weighted by molar-refractivity contribution is -0.142. The Labute approximate surface area is 96.2 Å². The van der Waals surface area contributed by atoms with Gasteiger partial charge in [0.05, 0.1) is 12.4 Å². The first-order chi connectivity index (χ1) is 7.25. The van der Waals surface area contributed by atoms with Gasteiger partial charge in [-0.2, -0.15) is 0 Å². The molecule has 0 aromatic rings. The zero-order valence-electron chi connectivity index (χ0n) is 10.2. The molecule has 0 fully saturated rings. The van der Waals surface area contributed by atoms with Gasteiger partial charge in [0.15, 0.2) is 0 Å². The lowest BCUT2D eigenvalue weighted by Gasteiger charge is -2.18. The topological polar surface area (TPSA) is 102 Å². The smallest absolute Gasteiger partial charge is 0.323 e. The minimum Gasteiger partial charge on any atom is -0.480 e. The van der Waals surface area contributed by atoms with E-state index in [1.54, 1.807) is 6.92 Å². The van der Waals surface area contributed by atoms with E-state index >= 15 is 0 Å². The minimum atomic E-state index is -1.16. The number of carboxylic acid groups (broad SMARTS) is 1. The molecule has 5 heteroatoms. The van der Waals surface area contributed by atoms with E-state index in [2.05, 4.69) is 4.99 Å². The fourth-order valence-electron chi connectivity index (χ4n) is 1.01. The highest BCUT2D eigenvalue weighted by Gasteiger charge is 2.26. The second-order valence-corrected chi connectivity index (χ2v) is 4.26. The van der Waals surface area contributed by atoms with Gasteiger partial charge in [-0.15, -0.1) is 0 Å². The third-order valence-electron chi connectivity index (χ3n) is 2.31. The quantitative estimate of drug-likeness (QED) is 0.356. The van der Waals surface area contributed by atoms with Crippen LogP contribution in [0.15, 0.2) is 16.6 Å². The predicted octanol–water partition coefficient (Wildman–Crippen LogP) is 0.892. The summed E-state index contributed by atoms with van der Waals surface area (Å²) < 4.78 is 0. The first kappa shape index (κ1) is 14.6. The van der Waals surface area contributed by atoms with Gasteiger partial charge in [-0.25, -0.2) is 0 Å². The van der Waals surface area contributed by atoms with Gasteiger partial charge in [0.2, 0.25) is 0 Å². The highest BCUT2D eigenvalue weighted by Crippen LogP contribution is 2.13. The summed E-state index contributed by atoms with van der Waals surface area (Å²) in [5.74, 6) is -0.436. The maximum atomic E-state index is 10.8. The summed E-state index contributed by atoms with van der Waals surface area (Å²) >= 11 is 0. The molecule has 0 saturated heterocycles. The molecule has 0 heterocycles. The zero-order chi connectivity index (χ0) is 12.8. The fourth-order valence-corrected chi connectivity index (χ4v) is 1.01. The highest BCUT2D eigenvalue weighted by atomic mass is 16.4. The third-order valence-corrected chi connectivity index (χ3v) is 2.31. The largest absolute Gasteiger partial charge is 0.480 e. The van der Waals surface area contributed by atoms with Gasteiger partial charge in [-0.3, -0.25) is 9.79 Å². The molecule has 0 radical (unpaired) electrons. The van der Waals surface area contributed by atoms with Crippen LogP contribution >= 0.6 is 0 Å². The van der Waals surface area contributed by atoms with Crippen molar-refractivity contribution < 1.29 is 9.90 Å². The first-order valence-corrected chi connectivity index (χ1v) is 5.20. The summed E-state index contributed by atoms with van der Waals surface area (Å²) in [4.78, 5) is 14.8. The molecule has 0 bridgehead atoms. The normalized spacial score (nSPS) is 17.0. The number of carboxylic acids is 1. The summed E-state index contributed by atoms with van der Waals surface area (Å²) in [5.41, 5.74) is 10.9. The van der Waals surface area contributed by atoms with Crippen molar-refractivity contribution >= 4 is 11.8 Å². The lowest BCUT2D eigenvalue weighted by Crippen LogP contribution is -2.44. The van der Waals surface area contributed by atoms with Crippen molar-refractivity contribution in [2.75, 3.05) is 6.54 Å². The molecule has 0 aromatic heterocycles. The van der Waals surface area contributed by atoms with Crippen LogP contribution in [0.5, 0.6) is 0 Å². The van der Waals surface area contributed by atoms with Crippen molar-refractivity contribution in [1.29, 1.82) is 0 Å². The molecule has 0 aromatic carbocycles. The Hall–Kier alpha value is -1.36. The van der Waals surface area contributed by atoms with Crippen molar-refractivity contribution in [3.05, 3.63) is 11.6 Å².